The van der Waals surface area contributed by atoms with Gasteiger partial charge in [-0.15, -0.1) is 11.3 Å². The summed E-state index contributed by atoms with van der Waals surface area (Å²) in [5.74, 6) is 0.983. The van der Waals surface area contributed by atoms with E-state index < -0.39 is 0 Å². The molecule has 0 aliphatic carbocycles. The van der Waals surface area contributed by atoms with Crippen molar-refractivity contribution in [2.75, 3.05) is 6.54 Å². The lowest BCUT2D eigenvalue weighted by molar-refractivity contribution is -0.121. The Morgan fingerprint density at radius 2 is 2.21 bits per heavy atom. The van der Waals surface area contributed by atoms with Crippen molar-refractivity contribution in [2.45, 2.75) is 45.6 Å². The Labute approximate surface area is 175 Å². The number of hydrogen-bond acceptors (Lipinski definition) is 5. The maximum absolute atomic E-state index is 12.1. The molecule has 3 heterocycles. The Balaban J connectivity index is 1.30. The van der Waals surface area contributed by atoms with Gasteiger partial charge in [-0.05, 0) is 61.9 Å². The first-order chi connectivity index (χ1) is 14.1. The van der Waals surface area contributed by atoms with E-state index in [1.165, 1.54) is 4.88 Å². The molecule has 0 spiro atoms. The molecule has 29 heavy (non-hydrogen) atoms. The number of rotatable bonds is 7. The topological polar surface area (TPSA) is 64.1 Å². The number of nitrogens with zero attached hydrogens (tertiary/aromatic N) is 2. The molecule has 1 atom stereocenters. The number of hydrogen-bond donors (Lipinski definition) is 1. The molecule has 0 unspecified atom stereocenters. The summed E-state index contributed by atoms with van der Waals surface area (Å²) in [6.07, 6.45) is 4.93. The molecule has 0 saturated heterocycles. The molecule has 0 fully saturated rings. The largest absolute Gasteiger partial charge is 0.488 e. The summed E-state index contributed by atoms with van der Waals surface area (Å²) in [4.78, 5) is 22.5. The van der Waals surface area contributed by atoms with E-state index in [9.17, 15) is 4.79 Å². The molecule has 1 amide bonds. The van der Waals surface area contributed by atoms with Gasteiger partial charge in [-0.1, -0.05) is 6.07 Å². The van der Waals surface area contributed by atoms with E-state index in [0.29, 0.717) is 13.0 Å². The molecule has 1 N–H and O–H groups in total. The molecule has 1 aromatic carbocycles. The maximum Gasteiger partial charge on any atom is 0.220 e. The Bertz CT molecular complexity index is 1000. The summed E-state index contributed by atoms with van der Waals surface area (Å²) >= 11 is 1.74. The first-order valence-electron chi connectivity index (χ1n) is 9.98. The van der Waals surface area contributed by atoms with Crippen LogP contribution in [0, 0.1) is 13.8 Å². The van der Waals surface area contributed by atoms with Gasteiger partial charge in [-0.3, -0.25) is 9.78 Å². The summed E-state index contributed by atoms with van der Waals surface area (Å²) in [6.45, 7) is 4.46. The fourth-order valence-corrected chi connectivity index (χ4v) is 4.34. The van der Waals surface area contributed by atoms with Crippen LogP contribution in [0.25, 0.3) is 11.3 Å². The van der Waals surface area contributed by atoms with Gasteiger partial charge in [-0.25, -0.2) is 4.98 Å². The minimum Gasteiger partial charge on any atom is -0.488 e. The third kappa shape index (κ3) is 4.82. The zero-order valence-corrected chi connectivity index (χ0v) is 17.6. The fraction of sp³-hybridized carbons (Fsp3) is 0.348. The van der Waals surface area contributed by atoms with Gasteiger partial charge in [0.25, 0.3) is 0 Å². The highest BCUT2D eigenvalue weighted by Gasteiger charge is 2.24. The molecule has 1 aliphatic heterocycles. The van der Waals surface area contributed by atoms with Crippen LogP contribution in [0.15, 0.2) is 41.9 Å². The van der Waals surface area contributed by atoms with Crippen LogP contribution < -0.4 is 10.1 Å². The third-order valence-electron chi connectivity index (χ3n) is 5.09. The second-order valence-electron chi connectivity index (χ2n) is 7.45. The molecule has 1 aliphatic rings. The lowest BCUT2D eigenvalue weighted by Gasteiger charge is -2.11. The summed E-state index contributed by atoms with van der Waals surface area (Å²) in [6, 6.07) is 10.3. The molecule has 150 valence electrons. The average molecular weight is 408 g/mol. The molecular formula is C23H25N3O2S. The number of fused-ring (bicyclic) bond motifs is 1. The van der Waals surface area contributed by atoms with E-state index >= 15 is 0 Å². The number of carbonyl (C=O) groups excluding carboxylic acids is 1. The zero-order valence-electron chi connectivity index (χ0n) is 16.8. The molecule has 3 aromatic rings. The Morgan fingerprint density at radius 1 is 1.31 bits per heavy atom. The number of carbonyl (C=O) groups is 1. The highest BCUT2D eigenvalue weighted by molar-refractivity contribution is 7.09. The number of thiophene rings is 1. The van der Waals surface area contributed by atoms with E-state index in [1.807, 2.05) is 32.0 Å². The van der Waals surface area contributed by atoms with Crippen molar-refractivity contribution < 1.29 is 9.53 Å². The fourth-order valence-electron chi connectivity index (χ4n) is 3.59. The molecule has 6 heteroatoms. The van der Waals surface area contributed by atoms with Crippen LogP contribution in [0.1, 0.15) is 34.7 Å². The standard InChI is InChI=1S/C23H25N3O2S/c1-15-13-24-16(2)23(26-15)17-8-9-21-18(11-17)12-19(28-21)14-25-22(27)7-3-5-20-6-4-10-29-20/h4,6,8-11,13,19H,3,5,7,12,14H2,1-2H3,(H,25,27)/t19-/m1/s1. The summed E-state index contributed by atoms with van der Waals surface area (Å²) in [5.41, 5.74) is 4.94. The predicted octanol–water partition coefficient (Wildman–Crippen LogP) is 4.26. The number of benzene rings is 1. The summed E-state index contributed by atoms with van der Waals surface area (Å²) < 4.78 is 6.02. The number of aromatic nitrogens is 2. The van der Waals surface area contributed by atoms with Crippen molar-refractivity contribution in [1.29, 1.82) is 0 Å². The predicted molar refractivity (Wildman–Crippen MR) is 115 cm³/mol. The molecule has 2 aromatic heterocycles. The quantitative estimate of drug-likeness (QED) is 0.635. The van der Waals surface area contributed by atoms with Gasteiger partial charge in [0.15, 0.2) is 0 Å². The molecule has 5 nitrogen and oxygen atoms in total. The van der Waals surface area contributed by atoms with Crippen LogP contribution in [-0.4, -0.2) is 28.5 Å². The van der Waals surface area contributed by atoms with E-state index in [4.69, 9.17) is 4.74 Å². The molecule has 0 saturated carbocycles. The first-order valence-corrected chi connectivity index (χ1v) is 10.9. The van der Waals surface area contributed by atoms with E-state index in [0.717, 1.165) is 53.2 Å². The van der Waals surface area contributed by atoms with Gasteiger partial charge in [-0.2, -0.15) is 0 Å². The van der Waals surface area contributed by atoms with Crippen molar-refractivity contribution >= 4 is 17.2 Å². The van der Waals surface area contributed by atoms with Crippen LogP contribution in [0.4, 0.5) is 0 Å². The molecular weight excluding hydrogens is 382 g/mol. The van der Waals surface area contributed by atoms with Crippen LogP contribution in [-0.2, 0) is 17.6 Å². The third-order valence-corrected chi connectivity index (χ3v) is 6.02. The highest BCUT2D eigenvalue weighted by atomic mass is 32.1. The summed E-state index contributed by atoms with van der Waals surface area (Å²) in [7, 11) is 0. The number of aryl methyl sites for hydroxylation is 3. The van der Waals surface area contributed by atoms with Gasteiger partial charge in [0.05, 0.1) is 23.6 Å². The smallest absolute Gasteiger partial charge is 0.220 e. The van der Waals surface area contributed by atoms with Crippen LogP contribution in [0.5, 0.6) is 5.75 Å². The Morgan fingerprint density at radius 3 is 3.03 bits per heavy atom. The lowest BCUT2D eigenvalue weighted by atomic mass is 10.0. The van der Waals surface area contributed by atoms with E-state index in [2.05, 4.69) is 32.8 Å². The minimum absolute atomic E-state index is 0.0220. The average Bonchev–Trinajstić information content (AvgIpc) is 3.37. The van der Waals surface area contributed by atoms with Crippen molar-refractivity contribution in [3.8, 4) is 17.0 Å². The summed E-state index contributed by atoms with van der Waals surface area (Å²) in [5, 5.41) is 5.09. The van der Waals surface area contributed by atoms with Crippen molar-refractivity contribution in [3.05, 3.63) is 63.7 Å². The second kappa shape index (κ2) is 8.74. The molecule has 0 radical (unpaired) electrons. The van der Waals surface area contributed by atoms with E-state index in [-0.39, 0.29) is 12.0 Å². The number of amides is 1. The van der Waals surface area contributed by atoms with Crippen molar-refractivity contribution in [2.24, 2.45) is 0 Å². The highest BCUT2D eigenvalue weighted by Crippen LogP contribution is 2.33. The molecule has 0 bridgehead atoms. The SMILES string of the molecule is Cc1cnc(C)c(-c2ccc3c(c2)C[C@H](CNC(=O)CCCc2cccs2)O3)n1. The van der Waals surface area contributed by atoms with E-state index in [1.54, 1.807) is 17.5 Å². The van der Waals surface area contributed by atoms with Gasteiger partial charge < -0.3 is 10.1 Å². The lowest BCUT2D eigenvalue weighted by Crippen LogP contribution is -2.34. The van der Waals surface area contributed by atoms with Crippen molar-refractivity contribution in [1.82, 2.24) is 15.3 Å². The van der Waals surface area contributed by atoms with Gasteiger partial charge in [0.1, 0.15) is 11.9 Å². The van der Waals surface area contributed by atoms with Crippen LogP contribution >= 0.6 is 11.3 Å². The molecule has 4 rings (SSSR count). The minimum atomic E-state index is -0.0220. The number of ether oxygens (including phenoxy) is 1. The van der Waals surface area contributed by atoms with Crippen LogP contribution in [0.2, 0.25) is 0 Å². The van der Waals surface area contributed by atoms with Crippen molar-refractivity contribution in [3.63, 3.8) is 0 Å². The normalized spacial score (nSPS) is 15.0. The Kier molecular flexibility index (Phi) is 5.90. The maximum atomic E-state index is 12.1. The first kappa shape index (κ1) is 19.6. The van der Waals surface area contributed by atoms with Gasteiger partial charge in [0.2, 0.25) is 5.91 Å². The monoisotopic (exact) mass is 407 g/mol. The van der Waals surface area contributed by atoms with Gasteiger partial charge >= 0.3 is 0 Å². The van der Waals surface area contributed by atoms with Crippen LogP contribution in [0.3, 0.4) is 0 Å². The second-order valence-corrected chi connectivity index (χ2v) is 8.48. The van der Waals surface area contributed by atoms with Gasteiger partial charge in [0, 0.05) is 29.5 Å². The number of nitrogens with one attached hydrogen (secondary N) is 1. The Hall–Kier alpha value is -2.73. The zero-order chi connectivity index (χ0) is 20.2.